The number of anilines is 1. The van der Waals surface area contributed by atoms with Gasteiger partial charge in [-0.1, -0.05) is 49.1 Å². The van der Waals surface area contributed by atoms with Crippen molar-refractivity contribution in [1.82, 2.24) is 10.2 Å². The first-order valence-electron chi connectivity index (χ1n) is 14.7. The number of carbonyl (C=O) groups excluding carboxylic acids is 2. The summed E-state index contributed by atoms with van der Waals surface area (Å²) >= 11 is 0. The minimum absolute atomic E-state index is 0.0377. The van der Waals surface area contributed by atoms with Gasteiger partial charge in [0.2, 0.25) is 11.8 Å². The lowest BCUT2D eigenvalue weighted by molar-refractivity contribution is -0.139. The molecule has 0 aliphatic heterocycles. The zero-order valence-corrected chi connectivity index (χ0v) is 26.4. The first-order chi connectivity index (χ1) is 21.0. The second-order valence-electron chi connectivity index (χ2n) is 11.0. The van der Waals surface area contributed by atoms with Gasteiger partial charge in [0.15, 0.2) is 11.5 Å². The number of aryl methyl sites for hydroxylation is 1. The van der Waals surface area contributed by atoms with Crippen LogP contribution in [0.4, 0.5) is 10.1 Å². The van der Waals surface area contributed by atoms with Gasteiger partial charge in [-0.15, -0.1) is 0 Å². The van der Waals surface area contributed by atoms with Crippen molar-refractivity contribution >= 4 is 27.5 Å². The molecule has 0 radical (unpaired) electrons. The van der Waals surface area contributed by atoms with Crippen molar-refractivity contribution in [2.45, 2.75) is 69.5 Å². The van der Waals surface area contributed by atoms with E-state index in [9.17, 15) is 22.4 Å². The van der Waals surface area contributed by atoms with Crippen molar-refractivity contribution in [3.63, 3.8) is 0 Å². The summed E-state index contributed by atoms with van der Waals surface area (Å²) in [6.07, 6.45) is 4.96. The lowest BCUT2D eigenvalue weighted by atomic mass is 9.95. The molecule has 11 heteroatoms. The van der Waals surface area contributed by atoms with Crippen molar-refractivity contribution in [3.8, 4) is 11.5 Å². The second-order valence-corrected chi connectivity index (χ2v) is 12.9. The molecule has 0 aromatic heterocycles. The third-order valence-corrected chi connectivity index (χ3v) is 9.66. The van der Waals surface area contributed by atoms with E-state index in [0.29, 0.717) is 5.75 Å². The molecule has 1 unspecified atom stereocenters. The van der Waals surface area contributed by atoms with Crippen LogP contribution in [0.2, 0.25) is 0 Å². The fraction of sp³-hybridized carbons (Fsp3) is 0.394. The van der Waals surface area contributed by atoms with Crippen molar-refractivity contribution in [2.24, 2.45) is 0 Å². The van der Waals surface area contributed by atoms with Crippen LogP contribution in [0.1, 0.15) is 50.2 Å². The topological polar surface area (TPSA) is 105 Å². The average Bonchev–Trinajstić information content (AvgIpc) is 3.02. The predicted octanol–water partition coefficient (Wildman–Crippen LogP) is 5.21. The summed E-state index contributed by atoms with van der Waals surface area (Å²) in [6, 6.07) is 15.7. The average molecular weight is 626 g/mol. The summed E-state index contributed by atoms with van der Waals surface area (Å²) in [5.74, 6) is -0.927. The summed E-state index contributed by atoms with van der Waals surface area (Å²) in [6.45, 7) is 3.04. The number of hydrogen-bond donors (Lipinski definition) is 1. The molecule has 3 aromatic carbocycles. The monoisotopic (exact) mass is 625 g/mol. The number of methoxy groups -OCH3 is 2. The van der Waals surface area contributed by atoms with E-state index in [-0.39, 0.29) is 34.8 Å². The number of halogens is 1. The maximum absolute atomic E-state index is 14.1. The highest BCUT2D eigenvalue weighted by molar-refractivity contribution is 7.92. The van der Waals surface area contributed by atoms with Crippen LogP contribution in [-0.4, -0.2) is 58.0 Å². The molecule has 2 amide bonds. The number of carbonyl (C=O) groups is 2. The van der Waals surface area contributed by atoms with Gasteiger partial charge < -0.3 is 19.7 Å². The normalized spacial score (nSPS) is 14.4. The highest BCUT2D eigenvalue weighted by Crippen LogP contribution is 2.32. The maximum atomic E-state index is 14.1. The minimum atomic E-state index is -4.37. The van der Waals surface area contributed by atoms with E-state index in [4.69, 9.17) is 9.47 Å². The summed E-state index contributed by atoms with van der Waals surface area (Å²) in [7, 11) is -1.55. The first kappa shape index (κ1) is 32.8. The highest BCUT2D eigenvalue weighted by Gasteiger charge is 2.33. The zero-order chi connectivity index (χ0) is 31.9. The van der Waals surface area contributed by atoms with Crippen LogP contribution in [0, 0.1) is 12.7 Å². The number of nitrogens with zero attached hydrogens (tertiary/aromatic N) is 2. The Kier molecular flexibility index (Phi) is 10.9. The summed E-state index contributed by atoms with van der Waals surface area (Å²) < 4.78 is 53.6. The maximum Gasteiger partial charge on any atom is 0.264 e. The SMILES string of the molecule is COc1ccc(S(=O)(=O)N(CC(=O)N(Cc2cccc(C)c2)C(C)C(=O)NC2CCCCC2)c2ccc(F)cc2)cc1OC. The molecule has 1 aliphatic carbocycles. The molecule has 236 valence electrons. The molecule has 0 heterocycles. The van der Waals surface area contributed by atoms with Crippen LogP contribution in [0.25, 0.3) is 0 Å². The van der Waals surface area contributed by atoms with Crippen molar-refractivity contribution in [2.75, 3.05) is 25.1 Å². The fourth-order valence-electron chi connectivity index (χ4n) is 5.40. The van der Waals surface area contributed by atoms with Crippen LogP contribution in [0.3, 0.4) is 0 Å². The number of rotatable bonds is 12. The van der Waals surface area contributed by atoms with Crippen LogP contribution in [0.15, 0.2) is 71.6 Å². The van der Waals surface area contributed by atoms with E-state index in [1.54, 1.807) is 6.92 Å². The molecule has 3 aromatic rings. The van der Waals surface area contributed by atoms with Gasteiger partial charge in [0.25, 0.3) is 10.0 Å². The number of nitrogens with one attached hydrogen (secondary N) is 1. The molecule has 1 N–H and O–H groups in total. The molecular formula is C33H40FN3O6S. The molecule has 0 saturated heterocycles. The van der Waals surface area contributed by atoms with Gasteiger partial charge in [-0.25, -0.2) is 12.8 Å². The number of benzene rings is 3. The molecule has 0 bridgehead atoms. The van der Waals surface area contributed by atoms with Crippen LogP contribution >= 0.6 is 0 Å². The molecule has 1 fully saturated rings. The van der Waals surface area contributed by atoms with Crippen molar-refractivity contribution in [3.05, 3.63) is 83.7 Å². The van der Waals surface area contributed by atoms with Crippen LogP contribution in [-0.2, 0) is 26.2 Å². The number of ether oxygens (including phenoxy) is 2. The second kappa shape index (κ2) is 14.6. The Hall–Kier alpha value is -4.12. The Morgan fingerprint density at radius 2 is 1.64 bits per heavy atom. The fourth-order valence-corrected chi connectivity index (χ4v) is 6.83. The van der Waals surface area contributed by atoms with E-state index in [1.807, 2.05) is 31.2 Å². The Balaban J connectivity index is 1.70. The van der Waals surface area contributed by atoms with Gasteiger partial charge in [-0.2, -0.15) is 0 Å². The molecule has 1 aliphatic rings. The van der Waals surface area contributed by atoms with E-state index in [1.165, 1.54) is 49.5 Å². The Morgan fingerprint density at radius 3 is 2.27 bits per heavy atom. The summed E-state index contributed by atoms with van der Waals surface area (Å²) in [5, 5.41) is 3.09. The number of amides is 2. The molecule has 1 atom stereocenters. The largest absolute Gasteiger partial charge is 0.493 e. The highest BCUT2D eigenvalue weighted by atomic mass is 32.2. The summed E-state index contributed by atoms with van der Waals surface area (Å²) in [4.78, 5) is 28.8. The zero-order valence-electron chi connectivity index (χ0n) is 25.6. The number of sulfonamides is 1. The molecule has 4 rings (SSSR count). The van der Waals surface area contributed by atoms with Gasteiger partial charge in [-0.05, 0) is 68.7 Å². The standard InChI is InChI=1S/C33H40FN3O6S/c1-23-9-8-10-25(19-23)21-36(24(2)33(39)35-27-11-6-5-7-12-27)32(38)22-37(28-15-13-26(34)14-16-28)44(40,41)29-17-18-30(42-3)31(20-29)43-4/h8-10,13-20,24,27H,5-7,11-12,21-22H2,1-4H3,(H,35,39). The van der Waals surface area contributed by atoms with E-state index in [0.717, 1.165) is 59.7 Å². The lowest BCUT2D eigenvalue weighted by Gasteiger charge is -2.33. The molecule has 0 spiro atoms. The van der Waals surface area contributed by atoms with Gasteiger partial charge in [0, 0.05) is 18.7 Å². The minimum Gasteiger partial charge on any atom is -0.493 e. The van der Waals surface area contributed by atoms with Gasteiger partial charge in [-0.3, -0.25) is 13.9 Å². The Labute approximate surface area is 259 Å². The first-order valence-corrected chi connectivity index (χ1v) is 16.1. The molecule has 44 heavy (non-hydrogen) atoms. The van der Waals surface area contributed by atoms with Crippen molar-refractivity contribution < 1.29 is 31.9 Å². The predicted molar refractivity (Wildman–Crippen MR) is 167 cm³/mol. The lowest BCUT2D eigenvalue weighted by Crippen LogP contribution is -2.53. The summed E-state index contributed by atoms with van der Waals surface area (Å²) in [5.41, 5.74) is 1.87. The van der Waals surface area contributed by atoms with E-state index < -0.39 is 34.3 Å². The van der Waals surface area contributed by atoms with Crippen molar-refractivity contribution in [1.29, 1.82) is 0 Å². The molecular weight excluding hydrogens is 585 g/mol. The Bertz CT molecular complexity index is 1560. The smallest absolute Gasteiger partial charge is 0.264 e. The third-order valence-electron chi connectivity index (χ3n) is 7.89. The van der Waals surface area contributed by atoms with E-state index >= 15 is 0 Å². The van der Waals surface area contributed by atoms with Gasteiger partial charge in [0.05, 0.1) is 24.8 Å². The van der Waals surface area contributed by atoms with Gasteiger partial charge in [0.1, 0.15) is 18.4 Å². The third kappa shape index (κ3) is 7.88. The molecule has 1 saturated carbocycles. The molecule has 9 nitrogen and oxygen atoms in total. The quantitative estimate of drug-likeness (QED) is 0.296. The van der Waals surface area contributed by atoms with Crippen LogP contribution in [0.5, 0.6) is 11.5 Å². The van der Waals surface area contributed by atoms with E-state index in [2.05, 4.69) is 5.32 Å². The van der Waals surface area contributed by atoms with Gasteiger partial charge >= 0.3 is 0 Å². The van der Waals surface area contributed by atoms with Crippen LogP contribution < -0.4 is 19.1 Å². The Morgan fingerprint density at radius 1 is 0.955 bits per heavy atom. The number of hydrogen-bond acceptors (Lipinski definition) is 6.